The monoisotopic (exact) mass is 350 g/mol. The van der Waals surface area contributed by atoms with Crippen molar-refractivity contribution in [2.45, 2.75) is 0 Å². The maximum atomic E-state index is 13.1. The number of aromatic hydroxyl groups is 1. The molecule has 5 heteroatoms. The average Bonchev–Trinajstić information content (AvgIpc) is 2.46. The minimum atomic E-state index is -0.457. The highest BCUT2D eigenvalue weighted by Crippen LogP contribution is 2.33. The van der Waals surface area contributed by atoms with Crippen LogP contribution in [0.15, 0.2) is 46.9 Å². The number of hydrogen-bond acceptors (Lipinski definition) is 3. The predicted octanol–water partition coefficient (Wildman–Crippen LogP) is 4.20. The lowest BCUT2D eigenvalue weighted by molar-refractivity contribution is 0.104. The maximum absolute atomic E-state index is 13.1. The number of phenolic OH excluding ortho intramolecular Hbond substituents is 1. The summed E-state index contributed by atoms with van der Waals surface area (Å²) in [5, 5.41) is 9.61. The molecule has 108 valence electrons. The van der Waals surface area contributed by atoms with E-state index >= 15 is 0 Å². The van der Waals surface area contributed by atoms with Gasteiger partial charge < -0.3 is 9.84 Å². The molecule has 0 aliphatic heterocycles. The second-order valence-electron chi connectivity index (χ2n) is 4.25. The molecule has 0 aliphatic rings. The second-order valence-corrected chi connectivity index (χ2v) is 5.11. The van der Waals surface area contributed by atoms with Crippen molar-refractivity contribution >= 4 is 27.8 Å². The van der Waals surface area contributed by atoms with E-state index in [4.69, 9.17) is 4.74 Å². The summed E-state index contributed by atoms with van der Waals surface area (Å²) in [6.07, 6.45) is 2.91. The summed E-state index contributed by atoms with van der Waals surface area (Å²) in [5.74, 6) is -0.468. The highest BCUT2D eigenvalue weighted by molar-refractivity contribution is 9.10. The van der Waals surface area contributed by atoms with Gasteiger partial charge in [-0.2, -0.15) is 0 Å². The third-order valence-electron chi connectivity index (χ3n) is 2.82. The molecule has 0 unspecified atom stereocenters. The van der Waals surface area contributed by atoms with Crippen molar-refractivity contribution < 1.29 is 19.0 Å². The van der Waals surface area contributed by atoms with Crippen LogP contribution in [0.5, 0.6) is 11.5 Å². The van der Waals surface area contributed by atoms with Gasteiger partial charge in [0.2, 0.25) is 0 Å². The van der Waals surface area contributed by atoms with Crippen molar-refractivity contribution in [3.63, 3.8) is 0 Å². The molecule has 21 heavy (non-hydrogen) atoms. The zero-order valence-electron chi connectivity index (χ0n) is 11.1. The van der Waals surface area contributed by atoms with Crippen LogP contribution >= 0.6 is 15.9 Å². The SMILES string of the molecule is COc1cc(/C=C/C(=O)c2cccc(F)c2)c(Br)cc1O. The van der Waals surface area contributed by atoms with Gasteiger partial charge in [0.05, 0.1) is 7.11 Å². The van der Waals surface area contributed by atoms with Gasteiger partial charge in [0.25, 0.3) is 0 Å². The second kappa shape index (κ2) is 6.54. The summed E-state index contributed by atoms with van der Waals surface area (Å²) in [5.41, 5.74) is 0.933. The number of carbonyl (C=O) groups is 1. The maximum Gasteiger partial charge on any atom is 0.185 e. The molecule has 0 aliphatic carbocycles. The molecule has 0 spiro atoms. The molecular formula is C16H12BrFO3. The molecule has 0 aromatic heterocycles. The van der Waals surface area contributed by atoms with Gasteiger partial charge in [0.15, 0.2) is 17.3 Å². The van der Waals surface area contributed by atoms with E-state index in [9.17, 15) is 14.3 Å². The van der Waals surface area contributed by atoms with Crippen LogP contribution in [0.25, 0.3) is 6.08 Å². The van der Waals surface area contributed by atoms with Gasteiger partial charge in [-0.3, -0.25) is 4.79 Å². The number of halogens is 2. The fraction of sp³-hybridized carbons (Fsp3) is 0.0625. The number of methoxy groups -OCH3 is 1. The first-order valence-corrected chi connectivity index (χ1v) is 6.85. The quantitative estimate of drug-likeness (QED) is 0.663. The zero-order chi connectivity index (χ0) is 15.4. The fourth-order valence-electron chi connectivity index (χ4n) is 1.75. The Morgan fingerprint density at radius 2 is 2.10 bits per heavy atom. The first-order chi connectivity index (χ1) is 10.0. The molecule has 3 nitrogen and oxygen atoms in total. The Labute approximate surface area is 129 Å². The third-order valence-corrected chi connectivity index (χ3v) is 3.51. The Kier molecular flexibility index (Phi) is 4.75. The van der Waals surface area contributed by atoms with Crippen LogP contribution in [0.1, 0.15) is 15.9 Å². The summed E-state index contributed by atoms with van der Waals surface area (Å²) < 4.78 is 18.7. The topological polar surface area (TPSA) is 46.5 Å². The fourth-order valence-corrected chi connectivity index (χ4v) is 2.22. The number of allylic oxidation sites excluding steroid dienone is 1. The normalized spacial score (nSPS) is 10.8. The van der Waals surface area contributed by atoms with Crippen LogP contribution in [0.3, 0.4) is 0 Å². The lowest BCUT2D eigenvalue weighted by atomic mass is 10.1. The van der Waals surface area contributed by atoms with Gasteiger partial charge in [-0.15, -0.1) is 0 Å². The van der Waals surface area contributed by atoms with E-state index < -0.39 is 5.82 Å². The molecule has 0 atom stereocenters. The highest BCUT2D eigenvalue weighted by Gasteiger charge is 2.07. The number of hydrogen-bond donors (Lipinski definition) is 1. The molecule has 2 aromatic carbocycles. The molecule has 0 fully saturated rings. The molecule has 0 radical (unpaired) electrons. The minimum absolute atomic E-state index is 0.00187. The summed E-state index contributed by atoms with van der Waals surface area (Å²) >= 11 is 3.29. The molecule has 0 heterocycles. The third kappa shape index (κ3) is 3.70. The van der Waals surface area contributed by atoms with Crippen LogP contribution in [-0.4, -0.2) is 18.0 Å². The van der Waals surface area contributed by atoms with Gasteiger partial charge >= 0.3 is 0 Å². The smallest absolute Gasteiger partial charge is 0.185 e. The number of carbonyl (C=O) groups excluding carboxylic acids is 1. The molecule has 0 bridgehead atoms. The van der Waals surface area contributed by atoms with Gasteiger partial charge in [-0.05, 0) is 42.0 Å². The van der Waals surface area contributed by atoms with E-state index in [1.165, 1.54) is 37.5 Å². The van der Waals surface area contributed by atoms with Crippen molar-refractivity contribution in [1.29, 1.82) is 0 Å². The van der Waals surface area contributed by atoms with Gasteiger partial charge in [0, 0.05) is 10.0 Å². The van der Waals surface area contributed by atoms with Crippen molar-refractivity contribution in [1.82, 2.24) is 0 Å². The van der Waals surface area contributed by atoms with Gasteiger partial charge in [-0.1, -0.05) is 28.1 Å². The Morgan fingerprint density at radius 1 is 1.33 bits per heavy atom. The first-order valence-electron chi connectivity index (χ1n) is 6.05. The predicted molar refractivity (Wildman–Crippen MR) is 82.1 cm³/mol. The average molecular weight is 351 g/mol. The van der Waals surface area contributed by atoms with Gasteiger partial charge in [0.1, 0.15) is 5.82 Å². The van der Waals surface area contributed by atoms with E-state index in [-0.39, 0.29) is 17.1 Å². The molecule has 0 saturated heterocycles. The number of rotatable bonds is 4. The van der Waals surface area contributed by atoms with Gasteiger partial charge in [-0.25, -0.2) is 4.39 Å². The van der Waals surface area contributed by atoms with E-state index in [2.05, 4.69) is 15.9 Å². The van der Waals surface area contributed by atoms with Crippen molar-refractivity contribution in [2.75, 3.05) is 7.11 Å². The molecule has 0 amide bonds. The molecular weight excluding hydrogens is 339 g/mol. The molecule has 2 aromatic rings. The van der Waals surface area contributed by atoms with Crippen LogP contribution in [0.4, 0.5) is 4.39 Å². The van der Waals surface area contributed by atoms with Crippen molar-refractivity contribution in [2.24, 2.45) is 0 Å². The van der Waals surface area contributed by atoms with E-state index in [0.29, 0.717) is 15.8 Å². The molecule has 2 rings (SSSR count). The Balaban J connectivity index is 2.27. The van der Waals surface area contributed by atoms with Crippen molar-refractivity contribution in [3.05, 3.63) is 63.9 Å². The standard InChI is InChI=1S/C16H12BrFO3/c1-21-16-8-10(13(17)9-15(16)20)5-6-14(19)11-3-2-4-12(18)7-11/h2-9,20H,1H3/b6-5+. The van der Waals surface area contributed by atoms with Crippen molar-refractivity contribution in [3.8, 4) is 11.5 Å². The van der Waals surface area contributed by atoms with E-state index in [1.807, 2.05) is 0 Å². The summed E-state index contributed by atoms with van der Waals surface area (Å²) in [6.45, 7) is 0. The van der Waals surface area contributed by atoms with Crippen LogP contribution in [0.2, 0.25) is 0 Å². The number of ether oxygens (including phenoxy) is 1. The summed E-state index contributed by atoms with van der Waals surface area (Å²) in [6, 6.07) is 8.55. The molecule has 0 saturated carbocycles. The Hall–Kier alpha value is -2.14. The van der Waals surface area contributed by atoms with E-state index in [1.54, 1.807) is 18.2 Å². The van der Waals surface area contributed by atoms with Crippen LogP contribution in [0, 0.1) is 5.82 Å². The largest absolute Gasteiger partial charge is 0.504 e. The highest BCUT2D eigenvalue weighted by atomic mass is 79.9. The number of benzene rings is 2. The molecule has 1 N–H and O–H groups in total. The summed E-state index contributed by atoms with van der Waals surface area (Å²) in [4.78, 5) is 12.0. The number of ketones is 1. The summed E-state index contributed by atoms with van der Waals surface area (Å²) in [7, 11) is 1.44. The van der Waals surface area contributed by atoms with Crippen LogP contribution in [-0.2, 0) is 0 Å². The van der Waals surface area contributed by atoms with Crippen LogP contribution < -0.4 is 4.74 Å². The lowest BCUT2D eigenvalue weighted by Crippen LogP contribution is -1.94. The number of phenols is 1. The van der Waals surface area contributed by atoms with E-state index in [0.717, 1.165) is 0 Å². The zero-order valence-corrected chi connectivity index (χ0v) is 12.7. The Morgan fingerprint density at radius 3 is 2.76 bits per heavy atom. The lowest BCUT2D eigenvalue weighted by Gasteiger charge is -2.06. The first kappa shape index (κ1) is 15.3. The minimum Gasteiger partial charge on any atom is -0.504 e. The Bertz CT molecular complexity index is 711.